The number of hydrogen-bond donors (Lipinski definition) is 1. The van der Waals surface area contributed by atoms with E-state index in [4.69, 9.17) is 11.6 Å². The van der Waals surface area contributed by atoms with Crippen LogP contribution in [0.3, 0.4) is 0 Å². The number of benzene rings is 2. The third kappa shape index (κ3) is 4.33. The van der Waals surface area contributed by atoms with Crippen LogP contribution < -0.4 is 5.32 Å². The molecule has 0 saturated heterocycles. The molecule has 112 valence electrons. The van der Waals surface area contributed by atoms with E-state index >= 15 is 0 Å². The van der Waals surface area contributed by atoms with Gasteiger partial charge in [-0.05, 0) is 48.6 Å². The van der Waals surface area contributed by atoms with Crippen molar-refractivity contribution in [2.75, 3.05) is 0 Å². The van der Waals surface area contributed by atoms with Crippen LogP contribution in [0.2, 0.25) is 5.02 Å². The smallest absolute Gasteiger partial charge is 0.0406 e. The van der Waals surface area contributed by atoms with Crippen LogP contribution in [0.15, 0.2) is 42.5 Å². The lowest BCUT2D eigenvalue weighted by atomic mass is 9.95. The van der Waals surface area contributed by atoms with Crippen LogP contribution in [0.25, 0.3) is 0 Å². The minimum atomic E-state index is 0.336. The third-order valence-electron chi connectivity index (χ3n) is 3.91. The molecule has 2 aromatic rings. The average Bonchev–Trinajstić information content (AvgIpc) is 2.42. The lowest BCUT2D eigenvalue weighted by Crippen LogP contribution is -2.25. The summed E-state index contributed by atoms with van der Waals surface area (Å²) in [7, 11) is 0. The molecule has 1 N–H and O–H groups in total. The molecule has 0 amide bonds. The van der Waals surface area contributed by atoms with E-state index in [1.807, 2.05) is 12.1 Å². The fourth-order valence-corrected chi connectivity index (χ4v) is 2.80. The molecule has 0 aliphatic rings. The summed E-state index contributed by atoms with van der Waals surface area (Å²) in [6.07, 6.45) is 0. The van der Waals surface area contributed by atoms with Gasteiger partial charge in [-0.3, -0.25) is 0 Å². The predicted molar refractivity (Wildman–Crippen MR) is 91.8 cm³/mol. The summed E-state index contributed by atoms with van der Waals surface area (Å²) in [6.45, 7) is 9.69. The molecule has 0 bridgehead atoms. The van der Waals surface area contributed by atoms with Crippen LogP contribution in [-0.4, -0.2) is 0 Å². The van der Waals surface area contributed by atoms with E-state index in [1.165, 1.54) is 22.3 Å². The second-order valence-electron chi connectivity index (χ2n) is 6.08. The quantitative estimate of drug-likeness (QED) is 0.775. The standard InChI is InChI=1S/C19H24ClN/c1-13(2)19(16-7-9-18(20)10-8-16)21-12-17-6-5-14(3)11-15(17)4/h5-11,13,19,21H,12H2,1-4H3. The predicted octanol–water partition coefficient (Wildman–Crippen LogP) is 5.44. The molecule has 0 radical (unpaired) electrons. The zero-order valence-electron chi connectivity index (χ0n) is 13.3. The Morgan fingerprint density at radius 3 is 2.24 bits per heavy atom. The first-order valence-corrected chi connectivity index (χ1v) is 7.90. The molecule has 1 unspecified atom stereocenters. The van der Waals surface area contributed by atoms with Gasteiger partial charge in [0.15, 0.2) is 0 Å². The Morgan fingerprint density at radius 1 is 1.00 bits per heavy atom. The first-order chi connectivity index (χ1) is 9.97. The van der Waals surface area contributed by atoms with E-state index in [1.54, 1.807) is 0 Å². The van der Waals surface area contributed by atoms with Crippen molar-refractivity contribution in [3.05, 3.63) is 69.7 Å². The highest BCUT2D eigenvalue weighted by molar-refractivity contribution is 6.30. The monoisotopic (exact) mass is 301 g/mol. The van der Waals surface area contributed by atoms with Gasteiger partial charge < -0.3 is 5.32 Å². The summed E-state index contributed by atoms with van der Waals surface area (Å²) in [5, 5.41) is 4.48. The van der Waals surface area contributed by atoms with Gasteiger partial charge in [0.05, 0.1) is 0 Å². The first kappa shape index (κ1) is 16.1. The van der Waals surface area contributed by atoms with E-state index < -0.39 is 0 Å². The van der Waals surface area contributed by atoms with E-state index in [0.29, 0.717) is 12.0 Å². The van der Waals surface area contributed by atoms with Crippen LogP contribution >= 0.6 is 11.6 Å². The molecule has 0 heterocycles. The molecule has 1 nitrogen and oxygen atoms in total. The number of halogens is 1. The minimum absolute atomic E-state index is 0.336. The van der Waals surface area contributed by atoms with E-state index in [9.17, 15) is 0 Å². The van der Waals surface area contributed by atoms with E-state index in [0.717, 1.165) is 11.6 Å². The Balaban J connectivity index is 2.12. The Hall–Kier alpha value is -1.31. The summed E-state index contributed by atoms with van der Waals surface area (Å²) in [5.74, 6) is 0.525. The van der Waals surface area contributed by atoms with E-state index in [-0.39, 0.29) is 0 Å². The molecule has 0 saturated carbocycles. The maximum Gasteiger partial charge on any atom is 0.0406 e. The van der Waals surface area contributed by atoms with Crippen LogP contribution in [-0.2, 0) is 6.54 Å². The number of aryl methyl sites for hydroxylation is 2. The molecule has 0 fully saturated rings. The Labute approximate surface area is 133 Å². The van der Waals surface area contributed by atoms with Crippen molar-refractivity contribution in [2.24, 2.45) is 5.92 Å². The van der Waals surface area contributed by atoms with Gasteiger partial charge in [-0.25, -0.2) is 0 Å². The lowest BCUT2D eigenvalue weighted by Gasteiger charge is -2.23. The van der Waals surface area contributed by atoms with Gasteiger partial charge >= 0.3 is 0 Å². The maximum absolute atomic E-state index is 5.98. The van der Waals surface area contributed by atoms with Crippen molar-refractivity contribution in [3.63, 3.8) is 0 Å². The second-order valence-corrected chi connectivity index (χ2v) is 6.52. The molecule has 0 aliphatic heterocycles. The largest absolute Gasteiger partial charge is 0.306 e. The highest BCUT2D eigenvalue weighted by Gasteiger charge is 2.15. The fourth-order valence-electron chi connectivity index (χ4n) is 2.67. The summed E-state index contributed by atoms with van der Waals surface area (Å²) in [6, 6.07) is 15.1. The van der Waals surface area contributed by atoms with Crippen LogP contribution in [0.5, 0.6) is 0 Å². The minimum Gasteiger partial charge on any atom is -0.306 e. The summed E-state index contributed by atoms with van der Waals surface area (Å²) in [4.78, 5) is 0. The highest BCUT2D eigenvalue weighted by atomic mass is 35.5. The van der Waals surface area contributed by atoms with Gasteiger partial charge in [-0.1, -0.05) is 61.3 Å². The van der Waals surface area contributed by atoms with Crippen molar-refractivity contribution in [1.82, 2.24) is 5.32 Å². The molecule has 2 aromatic carbocycles. The molecule has 21 heavy (non-hydrogen) atoms. The highest BCUT2D eigenvalue weighted by Crippen LogP contribution is 2.24. The molecular formula is C19H24ClN. The molecule has 0 aromatic heterocycles. The Morgan fingerprint density at radius 2 is 1.67 bits per heavy atom. The summed E-state index contributed by atoms with van der Waals surface area (Å²) in [5.41, 5.74) is 5.31. The molecule has 0 aliphatic carbocycles. The zero-order valence-corrected chi connectivity index (χ0v) is 14.0. The summed E-state index contributed by atoms with van der Waals surface area (Å²) >= 11 is 5.98. The normalized spacial score (nSPS) is 12.7. The first-order valence-electron chi connectivity index (χ1n) is 7.52. The topological polar surface area (TPSA) is 12.0 Å². The fraction of sp³-hybridized carbons (Fsp3) is 0.368. The number of hydrogen-bond acceptors (Lipinski definition) is 1. The van der Waals surface area contributed by atoms with Gasteiger partial charge in [0.1, 0.15) is 0 Å². The van der Waals surface area contributed by atoms with Crippen molar-refractivity contribution >= 4 is 11.6 Å². The average molecular weight is 302 g/mol. The number of nitrogens with one attached hydrogen (secondary N) is 1. The SMILES string of the molecule is Cc1ccc(CNC(c2ccc(Cl)cc2)C(C)C)c(C)c1. The molecular weight excluding hydrogens is 278 g/mol. The van der Waals surface area contributed by atoms with Crippen LogP contribution in [0.4, 0.5) is 0 Å². The molecule has 2 rings (SSSR count). The summed E-state index contributed by atoms with van der Waals surface area (Å²) < 4.78 is 0. The molecule has 0 spiro atoms. The van der Waals surface area contributed by atoms with E-state index in [2.05, 4.69) is 63.3 Å². The Bertz CT molecular complexity index is 587. The van der Waals surface area contributed by atoms with Gasteiger partial charge in [-0.15, -0.1) is 0 Å². The lowest BCUT2D eigenvalue weighted by molar-refractivity contribution is 0.410. The van der Waals surface area contributed by atoms with Gasteiger partial charge in [0.2, 0.25) is 0 Å². The zero-order chi connectivity index (χ0) is 15.4. The third-order valence-corrected chi connectivity index (χ3v) is 4.16. The van der Waals surface area contributed by atoms with Gasteiger partial charge in [0, 0.05) is 17.6 Å². The molecule has 1 atom stereocenters. The van der Waals surface area contributed by atoms with Crippen molar-refractivity contribution in [1.29, 1.82) is 0 Å². The maximum atomic E-state index is 5.98. The van der Waals surface area contributed by atoms with Crippen molar-refractivity contribution in [3.8, 4) is 0 Å². The van der Waals surface area contributed by atoms with Crippen LogP contribution in [0.1, 0.15) is 42.1 Å². The van der Waals surface area contributed by atoms with Crippen molar-refractivity contribution in [2.45, 2.75) is 40.3 Å². The number of rotatable bonds is 5. The van der Waals surface area contributed by atoms with Gasteiger partial charge in [0.25, 0.3) is 0 Å². The van der Waals surface area contributed by atoms with Crippen LogP contribution in [0, 0.1) is 19.8 Å². The van der Waals surface area contributed by atoms with Crippen molar-refractivity contribution < 1.29 is 0 Å². The van der Waals surface area contributed by atoms with Gasteiger partial charge in [-0.2, -0.15) is 0 Å². The molecule has 2 heteroatoms. The second kappa shape index (κ2) is 7.11. The Kier molecular flexibility index (Phi) is 5.44.